The maximum absolute atomic E-state index is 5.98. The molecule has 0 spiro atoms. The first-order chi connectivity index (χ1) is 13.7. The maximum Gasteiger partial charge on any atom is 0.118 e. The minimum atomic E-state index is 0.0143. The van der Waals surface area contributed by atoms with E-state index in [9.17, 15) is 0 Å². The molecule has 1 fully saturated rings. The summed E-state index contributed by atoms with van der Waals surface area (Å²) in [5.41, 5.74) is 4.66. The predicted octanol–water partition coefficient (Wildman–Crippen LogP) is 2.99. The van der Waals surface area contributed by atoms with Gasteiger partial charge in [-0.2, -0.15) is 5.10 Å². The van der Waals surface area contributed by atoms with Crippen molar-refractivity contribution in [3.05, 3.63) is 77.4 Å². The molecule has 3 aromatic rings. The number of nitrogens with zero attached hydrogens (tertiary/aromatic N) is 4. The highest BCUT2D eigenvalue weighted by Crippen LogP contribution is 2.22. The number of methoxy groups -OCH3 is 1. The van der Waals surface area contributed by atoms with Gasteiger partial charge in [-0.25, -0.2) is 0 Å². The van der Waals surface area contributed by atoms with Crippen LogP contribution in [0.25, 0.3) is 0 Å². The summed E-state index contributed by atoms with van der Waals surface area (Å²) in [6.07, 6.45) is 6.83. The highest BCUT2D eigenvalue weighted by Gasteiger charge is 2.23. The molecule has 6 heteroatoms. The van der Waals surface area contributed by atoms with Gasteiger partial charge in [-0.3, -0.25) is 14.6 Å². The lowest BCUT2D eigenvalue weighted by Gasteiger charge is -2.32. The van der Waals surface area contributed by atoms with Gasteiger partial charge in [0.15, 0.2) is 0 Å². The first-order valence-corrected chi connectivity index (χ1v) is 9.59. The number of pyridine rings is 1. The number of rotatable bonds is 6. The first-order valence-electron chi connectivity index (χ1n) is 9.59. The summed E-state index contributed by atoms with van der Waals surface area (Å²) in [7, 11) is 3.63. The molecule has 1 aliphatic heterocycles. The van der Waals surface area contributed by atoms with E-state index in [1.807, 2.05) is 36.3 Å². The number of hydrogen-bond donors (Lipinski definition) is 0. The Labute approximate surface area is 165 Å². The van der Waals surface area contributed by atoms with Crippen molar-refractivity contribution < 1.29 is 9.47 Å². The zero-order valence-corrected chi connectivity index (χ0v) is 16.4. The monoisotopic (exact) mass is 378 g/mol. The third-order valence-corrected chi connectivity index (χ3v) is 5.06. The van der Waals surface area contributed by atoms with Crippen molar-refractivity contribution in [3.63, 3.8) is 0 Å². The Bertz CT molecular complexity index is 890. The fraction of sp³-hybridized carbons (Fsp3) is 0.364. The molecule has 0 bridgehead atoms. The van der Waals surface area contributed by atoms with E-state index in [1.165, 1.54) is 16.7 Å². The van der Waals surface area contributed by atoms with Crippen LogP contribution in [0.1, 0.15) is 28.5 Å². The molecule has 0 saturated carbocycles. The molecule has 146 valence electrons. The molecule has 28 heavy (non-hydrogen) atoms. The predicted molar refractivity (Wildman–Crippen MR) is 107 cm³/mol. The van der Waals surface area contributed by atoms with Gasteiger partial charge in [0.1, 0.15) is 11.9 Å². The summed E-state index contributed by atoms with van der Waals surface area (Å²) in [5.74, 6) is 0.877. The minimum absolute atomic E-state index is 0.0143. The van der Waals surface area contributed by atoms with Crippen LogP contribution < -0.4 is 4.74 Å². The van der Waals surface area contributed by atoms with Crippen molar-refractivity contribution >= 4 is 0 Å². The fourth-order valence-corrected chi connectivity index (χ4v) is 3.55. The molecule has 1 saturated heterocycles. The van der Waals surface area contributed by atoms with Crippen molar-refractivity contribution in [3.8, 4) is 5.75 Å². The molecule has 1 atom stereocenters. The van der Waals surface area contributed by atoms with E-state index in [-0.39, 0.29) is 6.10 Å². The third-order valence-electron chi connectivity index (χ3n) is 5.06. The lowest BCUT2D eigenvalue weighted by Crippen LogP contribution is -2.38. The molecule has 0 aliphatic carbocycles. The summed E-state index contributed by atoms with van der Waals surface area (Å²) in [6, 6.07) is 12.4. The van der Waals surface area contributed by atoms with Crippen LogP contribution in [-0.2, 0) is 24.8 Å². The molecule has 4 rings (SSSR count). The summed E-state index contributed by atoms with van der Waals surface area (Å²) in [5, 5.41) is 4.25. The Morgan fingerprint density at radius 1 is 1.07 bits per heavy atom. The molecule has 0 unspecified atom stereocenters. The van der Waals surface area contributed by atoms with Crippen LogP contribution >= 0.6 is 0 Å². The highest BCUT2D eigenvalue weighted by molar-refractivity contribution is 5.31. The van der Waals surface area contributed by atoms with Crippen molar-refractivity contribution in [2.45, 2.75) is 19.1 Å². The van der Waals surface area contributed by atoms with Gasteiger partial charge >= 0.3 is 0 Å². The highest BCUT2D eigenvalue weighted by atomic mass is 16.5. The summed E-state index contributed by atoms with van der Waals surface area (Å²) >= 11 is 0. The van der Waals surface area contributed by atoms with Crippen LogP contribution in [0.2, 0.25) is 0 Å². The smallest absolute Gasteiger partial charge is 0.118 e. The molecule has 3 heterocycles. The standard InChI is InChI=1S/C22H26N4O2/c1-25-14-19(13-24-25)15-26-9-10-28-22(16-26)21-8-5-18(12-23-21)11-17-3-6-20(27-2)7-4-17/h3-8,12-14,22H,9-11,15-16H2,1-2H3/t22-/m0/s1. The van der Waals surface area contributed by atoms with E-state index in [1.54, 1.807) is 7.11 Å². The summed E-state index contributed by atoms with van der Waals surface area (Å²) < 4.78 is 13.0. The average Bonchev–Trinajstić information content (AvgIpc) is 3.14. The number of benzene rings is 1. The molecule has 0 amide bonds. The van der Waals surface area contributed by atoms with Gasteiger partial charge in [0.25, 0.3) is 0 Å². The number of morpholine rings is 1. The van der Waals surface area contributed by atoms with Crippen molar-refractivity contribution in [1.29, 1.82) is 0 Å². The van der Waals surface area contributed by atoms with E-state index >= 15 is 0 Å². The van der Waals surface area contributed by atoms with Gasteiger partial charge in [0.2, 0.25) is 0 Å². The molecule has 6 nitrogen and oxygen atoms in total. The largest absolute Gasteiger partial charge is 0.497 e. The van der Waals surface area contributed by atoms with Crippen LogP contribution in [-0.4, -0.2) is 46.5 Å². The molecular formula is C22H26N4O2. The van der Waals surface area contributed by atoms with Gasteiger partial charge < -0.3 is 9.47 Å². The second-order valence-corrected chi connectivity index (χ2v) is 7.23. The molecule has 0 N–H and O–H groups in total. The Kier molecular flexibility index (Phi) is 5.69. The van der Waals surface area contributed by atoms with Crippen LogP contribution in [0.5, 0.6) is 5.75 Å². The normalized spacial score (nSPS) is 17.6. The molecule has 1 aliphatic rings. The molecule has 2 aromatic heterocycles. The van der Waals surface area contributed by atoms with Crippen molar-refractivity contribution in [2.24, 2.45) is 7.05 Å². The Morgan fingerprint density at radius 2 is 1.89 bits per heavy atom. The molecule has 0 radical (unpaired) electrons. The van der Waals surface area contributed by atoms with Crippen LogP contribution in [0.3, 0.4) is 0 Å². The quantitative estimate of drug-likeness (QED) is 0.660. The Hall–Kier alpha value is -2.70. The summed E-state index contributed by atoms with van der Waals surface area (Å²) in [6.45, 7) is 3.39. The van der Waals surface area contributed by atoms with Gasteiger partial charge in [0, 0.05) is 44.6 Å². The number of ether oxygens (including phenoxy) is 2. The second-order valence-electron chi connectivity index (χ2n) is 7.23. The lowest BCUT2D eigenvalue weighted by atomic mass is 10.1. The van der Waals surface area contributed by atoms with Crippen LogP contribution in [0.15, 0.2) is 55.0 Å². The van der Waals surface area contributed by atoms with Gasteiger partial charge in [-0.15, -0.1) is 0 Å². The lowest BCUT2D eigenvalue weighted by molar-refractivity contribution is -0.0350. The molecule has 1 aromatic carbocycles. The number of hydrogen-bond acceptors (Lipinski definition) is 5. The van der Waals surface area contributed by atoms with Crippen molar-refractivity contribution in [2.75, 3.05) is 26.8 Å². The van der Waals surface area contributed by atoms with Gasteiger partial charge in [-0.05, 0) is 35.7 Å². The summed E-state index contributed by atoms with van der Waals surface area (Å²) in [4.78, 5) is 7.09. The third kappa shape index (κ3) is 4.58. The SMILES string of the molecule is COc1ccc(Cc2ccc([C@@H]3CN(Cc4cnn(C)c4)CCO3)nc2)cc1. The van der Waals surface area contributed by atoms with E-state index in [2.05, 4.69) is 45.4 Å². The van der Waals surface area contributed by atoms with E-state index in [4.69, 9.17) is 9.47 Å². The second kappa shape index (κ2) is 8.54. The van der Waals surface area contributed by atoms with Gasteiger partial charge in [-0.1, -0.05) is 18.2 Å². The molecular weight excluding hydrogens is 352 g/mol. The Morgan fingerprint density at radius 3 is 2.57 bits per heavy atom. The van der Waals surface area contributed by atoms with E-state index in [0.717, 1.165) is 44.1 Å². The minimum Gasteiger partial charge on any atom is -0.497 e. The van der Waals surface area contributed by atoms with E-state index < -0.39 is 0 Å². The first kappa shape index (κ1) is 18.7. The number of aryl methyl sites for hydroxylation is 1. The fourth-order valence-electron chi connectivity index (χ4n) is 3.55. The average molecular weight is 378 g/mol. The van der Waals surface area contributed by atoms with Crippen LogP contribution in [0, 0.1) is 0 Å². The number of aromatic nitrogens is 3. The topological polar surface area (TPSA) is 52.4 Å². The van der Waals surface area contributed by atoms with Gasteiger partial charge in [0.05, 0.1) is 25.6 Å². The zero-order chi connectivity index (χ0) is 19.3. The maximum atomic E-state index is 5.98. The van der Waals surface area contributed by atoms with E-state index in [0.29, 0.717) is 0 Å². The van der Waals surface area contributed by atoms with Crippen LogP contribution in [0.4, 0.5) is 0 Å². The zero-order valence-electron chi connectivity index (χ0n) is 16.4. The van der Waals surface area contributed by atoms with Crippen molar-refractivity contribution in [1.82, 2.24) is 19.7 Å². The Balaban J connectivity index is 1.37.